The number of fused-ring (bicyclic) bond motifs is 3. The smallest absolute Gasteiger partial charge is 0.163 e. The number of nitrogens with zero attached hydrogens (tertiary/aromatic N) is 3. The van der Waals surface area contributed by atoms with Crippen LogP contribution in [0.1, 0.15) is 0 Å². The number of rotatable bonds is 2. The van der Waals surface area contributed by atoms with E-state index in [2.05, 4.69) is 57.4 Å². The van der Waals surface area contributed by atoms with Crippen molar-refractivity contribution < 1.29 is 0 Å². The van der Waals surface area contributed by atoms with E-state index in [0.29, 0.717) is 11.6 Å². The van der Waals surface area contributed by atoms with Gasteiger partial charge < -0.3 is 0 Å². The van der Waals surface area contributed by atoms with Crippen LogP contribution in [0.5, 0.6) is 0 Å². The predicted octanol–water partition coefficient (Wildman–Crippen LogP) is 5.57. The zero-order chi connectivity index (χ0) is 16.6. The fourth-order valence-electron chi connectivity index (χ4n) is 3.03. The summed E-state index contributed by atoms with van der Waals surface area (Å²) in [5, 5.41) is 2.53. The summed E-state index contributed by atoms with van der Waals surface area (Å²) in [5.41, 5.74) is 2.00. The third-order valence-electron chi connectivity index (χ3n) is 4.24. The first-order valence-electron chi connectivity index (χ1n) is 8.05. The lowest BCUT2D eigenvalue weighted by Crippen LogP contribution is -1.94. The summed E-state index contributed by atoms with van der Waals surface area (Å²) in [4.78, 5) is 13.4. The molecule has 3 nitrogen and oxygen atoms in total. The van der Waals surface area contributed by atoms with Crippen LogP contribution in [0.3, 0.4) is 0 Å². The van der Waals surface area contributed by atoms with Crippen LogP contribution in [0, 0.1) is 0 Å². The topological polar surface area (TPSA) is 38.7 Å². The van der Waals surface area contributed by atoms with Crippen molar-refractivity contribution >= 4 is 31.5 Å². The molecule has 0 amide bonds. The van der Waals surface area contributed by atoms with Crippen molar-refractivity contribution in [3.63, 3.8) is 0 Å². The summed E-state index contributed by atoms with van der Waals surface area (Å²) >= 11 is 1.81. The standard InChI is InChI=1S/C21H13N3S/c1-2-6-14(7-3-1)20-22-13-23-21(24-20)15-10-11-19-17(12-15)16-8-4-5-9-18(16)25-19/h1-13H. The maximum absolute atomic E-state index is 4.67. The molecule has 0 N–H and O–H groups in total. The minimum atomic E-state index is 0.695. The van der Waals surface area contributed by atoms with Crippen LogP contribution < -0.4 is 0 Å². The highest BCUT2D eigenvalue weighted by Gasteiger charge is 2.09. The van der Waals surface area contributed by atoms with Gasteiger partial charge in [-0.05, 0) is 24.3 Å². The molecule has 0 aliphatic rings. The van der Waals surface area contributed by atoms with E-state index in [-0.39, 0.29) is 0 Å². The number of hydrogen-bond acceptors (Lipinski definition) is 4. The Morgan fingerprint density at radius 2 is 1.32 bits per heavy atom. The minimum Gasteiger partial charge on any atom is -0.217 e. The lowest BCUT2D eigenvalue weighted by atomic mass is 10.1. The van der Waals surface area contributed by atoms with E-state index in [1.165, 1.54) is 20.2 Å². The molecule has 0 saturated carbocycles. The van der Waals surface area contributed by atoms with Gasteiger partial charge in [0.05, 0.1) is 0 Å². The van der Waals surface area contributed by atoms with Crippen LogP contribution in [0.2, 0.25) is 0 Å². The van der Waals surface area contributed by atoms with E-state index in [0.717, 1.165) is 11.1 Å². The second-order valence-corrected chi connectivity index (χ2v) is 6.89. The van der Waals surface area contributed by atoms with Crippen LogP contribution in [0.25, 0.3) is 42.9 Å². The van der Waals surface area contributed by atoms with Gasteiger partial charge in [0.1, 0.15) is 6.33 Å². The number of benzene rings is 3. The second kappa shape index (κ2) is 5.76. The molecular formula is C21H13N3S. The SMILES string of the molecule is c1ccc(-c2ncnc(-c3ccc4sc5ccccc5c4c3)n2)cc1. The predicted molar refractivity (Wildman–Crippen MR) is 104 cm³/mol. The van der Waals surface area contributed by atoms with Crippen molar-refractivity contribution in [2.45, 2.75) is 0 Å². The van der Waals surface area contributed by atoms with E-state index in [1.807, 2.05) is 41.7 Å². The lowest BCUT2D eigenvalue weighted by molar-refractivity contribution is 1.07. The number of hydrogen-bond donors (Lipinski definition) is 0. The molecule has 3 aromatic carbocycles. The monoisotopic (exact) mass is 339 g/mol. The molecule has 5 rings (SSSR count). The van der Waals surface area contributed by atoms with Gasteiger partial charge in [0, 0.05) is 31.3 Å². The van der Waals surface area contributed by atoms with E-state index in [1.54, 1.807) is 6.33 Å². The van der Waals surface area contributed by atoms with Crippen molar-refractivity contribution in [2.75, 3.05) is 0 Å². The van der Waals surface area contributed by atoms with Gasteiger partial charge in [0.15, 0.2) is 11.6 Å². The Bertz CT molecular complexity index is 1200. The molecule has 0 bridgehead atoms. The summed E-state index contributed by atoms with van der Waals surface area (Å²) in [5.74, 6) is 1.40. The molecule has 4 heteroatoms. The molecule has 0 aliphatic carbocycles. The van der Waals surface area contributed by atoms with E-state index >= 15 is 0 Å². The van der Waals surface area contributed by atoms with Crippen molar-refractivity contribution in [2.24, 2.45) is 0 Å². The summed E-state index contributed by atoms with van der Waals surface area (Å²) in [7, 11) is 0. The van der Waals surface area contributed by atoms with Crippen LogP contribution in [-0.4, -0.2) is 15.0 Å². The van der Waals surface area contributed by atoms with Crippen molar-refractivity contribution in [3.8, 4) is 22.8 Å². The molecule has 0 fully saturated rings. The Morgan fingerprint density at radius 3 is 2.20 bits per heavy atom. The summed E-state index contributed by atoms with van der Waals surface area (Å²) in [6, 6.07) is 24.9. The van der Waals surface area contributed by atoms with E-state index in [9.17, 15) is 0 Å². The Kier molecular flexibility index (Phi) is 3.28. The van der Waals surface area contributed by atoms with Gasteiger partial charge in [-0.25, -0.2) is 15.0 Å². The fourth-order valence-corrected chi connectivity index (χ4v) is 4.11. The maximum Gasteiger partial charge on any atom is 0.163 e. The quantitative estimate of drug-likeness (QED) is 0.422. The molecule has 0 atom stereocenters. The molecule has 0 unspecified atom stereocenters. The van der Waals surface area contributed by atoms with Gasteiger partial charge in [-0.2, -0.15) is 0 Å². The third-order valence-corrected chi connectivity index (χ3v) is 5.39. The highest BCUT2D eigenvalue weighted by atomic mass is 32.1. The largest absolute Gasteiger partial charge is 0.217 e. The molecule has 2 heterocycles. The summed E-state index contributed by atoms with van der Waals surface area (Å²) in [6.07, 6.45) is 1.58. The lowest BCUT2D eigenvalue weighted by Gasteiger charge is -2.03. The van der Waals surface area contributed by atoms with Gasteiger partial charge in [-0.15, -0.1) is 11.3 Å². The average molecular weight is 339 g/mol. The zero-order valence-corrected chi connectivity index (χ0v) is 14.1. The number of aromatic nitrogens is 3. The van der Waals surface area contributed by atoms with Gasteiger partial charge in [0.25, 0.3) is 0 Å². The molecule has 0 saturated heterocycles. The molecule has 0 spiro atoms. The van der Waals surface area contributed by atoms with Gasteiger partial charge >= 0.3 is 0 Å². The molecule has 25 heavy (non-hydrogen) atoms. The highest BCUT2D eigenvalue weighted by molar-refractivity contribution is 7.25. The Hall–Kier alpha value is -3.11. The molecule has 0 radical (unpaired) electrons. The van der Waals surface area contributed by atoms with Crippen molar-refractivity contribution in [1.82, 2.24) is 15.0 Å². The van der Waals surface area contributed by atoms with Crippen molar-refractivity contribution in [3.05, 3.63) is 79.1 Å². The highest BCUT2D eigenvalue weighted by Crippen LogP contribution is 2.35. The Balaban J connectivity index is 1.67. The molecule has 0 aliphatic heterocycles. The van der Waals surface area contributed by atoms with E-state index < -0.39 is 0 Å². The van der Waals surface area contributed by atoms with Gasteiger partial charge in [-0.3, -0.25) is 0 Å². The molecule has 5 aromatic rings. The van der Waals surface area contributed by atoms with Gasteiger partial charge in [-0.1, -0.05) is 48.5 Å². The van der Waals surface area contributed by atoms with Gasteiger partial charge in [0.2, 0.25) is 0 Å². The van der Waals surface area contributed by atoms with Crippen LogP contribution in [0.15, 0.2) is 79.1 Å². The molecule has 2 aromatic heterocycles. The first kappa shape index (κ1) is 14.3. The molecular weight excluding hydrogens is 326 g/mol. The second-order valence-electron chi connectivity index (χ2n) is 5.81. The minimum absolute atomic E-state index is 0.695. The third kappa shape index (κ3) is 2.47. The Labute approximate surface area is 148 Å². The zero-order valence-electron chi connectivity index (χ0n) is 13.3. The molecule has 118 valence electrons. The summed E-state index contributed by atoms with van der Waals surface area (Å²) in [6.45, 7) is 0. The van der Waals surface area contributed by atoms with Crippen LogP contribution >= 0.6 is 11.3 Å². The average Bonchev–Trinajstić information content (AvgIpc) is 3.07. The normalized spacial score (nSPS) is 11.2. The fraction of sp³-hybridized carbons (Fsp3) is 0. The summed E-state index contributed by atoms with van der Waals surface area (Å²) < 4.78 is 2.58. The number of thiophene rings is 1. The van der Waals surface area contributed by atoms with E-state index in [4.69, 9.17) is 0 Å². The first-order valence-corrected chi connectivity index (χ1v) is 8.86. The van der Waals surface area contributed by atoms with Crippen LogP contribution in [-0.2, 0) is 0 Å². The first-order chi connectivity index (χ1) is 12.4. The maximum atomic E-state index is 4.67. The van der Waals surface area contributed by atoms with Crippen molar-refractivity contribution in [1.29, 1.82) is 0 Å². The van der Waals surface area contributed by atoms with Crippen LogP contribution in [0.4, 0.5) is 0 Å². The Morgan fingerprint density at radius 1 is 0.600 bits per heavy atom.